The second kappa shape index (κ2) is 6.23. The summed E-state index contributed by atoms with van der Waals surface area (Å²) in [6, 6.07) is 8.03. The molecule has 0 aromatic heterocycles. The Balaban J connectivity index is 2.60. The maximum atomic E-state index is 5.42. The summed E-state index contributed by atoms with van der Waals surface area (Å²) in [7, 11) is 0. The van der Waals surface area contributed by atoms with Crippen molar-refractivity contribution in [3.8, 4) is 0 Å². The third kappa shape index (κ3) is 3.24. The first-order chi connectivity index (χ1) is 6.88. The second-order valence-corrected chi connectivity index (χ2v) is 2.98. The van der Waals surface area contributed by atoms with Crippen LogP contribution in [0.3, 0.4) is 0 Å². The molecule has 1 aromatic rings. The molecule has 0 aliphatic rings. The first-order valence-electron chi connectivity index (χ1n) is 4.85. The first kappa shape index (κ1) is 10.8. The van der Waals surface area contributed by atoms with Gasteiger partial charge in [0, 0.05) is 26.2 Å². The Labute approximate surface area is 84.7 Å². The Hall–Kier alpha value is -1.26. The van der Waals surface area contributed by atoms with E-state index in [4.69, 9.17) is 11.5 Å². The number of hydrogen-bond donors (Lipinski definition) is 4. The highest BCUT2D eigenvalue weighted by Gasteiger charge is 1.98. The highest BCUT2D eigenvalue weighted by atomic mass is 15.0. The van der Waals surface area contributed by atoms with Gasteiger partial charge >= 0.3 is 0 Å². The molecule has 0 unspecified atom stereocenters. The van der Waals surface area contributed by atoms with E-state index in [1.165, 1.54) is 0 Å². The Morgan fingerprint density at radius 1 is 0.857 bits per heavy atom. The van der Waals surface area contributed by atoms with Crippen molar-refractivity contribution in [1.29, 1.82) is 0 Å². The number of benzene rings is 1. The van der Waals surface area contributed by atoms with Crippen LogP contribution in [0.4, 0.5) is 11.4 Å². The van der Waals surface area contributed by atoms with Gasteiger partial charge in [0.05, 0.1) is 11.4 Å². The maximum Gasteiger partial charge on any atom is 0.0576 e. The van der Waals surface area contributed by atoms with Gasteiger partial charge in [0.1, 0.15) is 0 Å². The van der Waals surface area contributed by atoms with Gasteiger partial charge in [-0.15, -0.1) is 0 Å². The fourth-order valence-electron chi connectivity index (χ4n) is 1.21. The predicted molar refractivity (Wildman–Crippen MR) is 61.5 cm³/mol. The van der Waals surface area contributed by atoms with Crippen molar-refractivity contribution in [1.82, 2.24) is 0 Å². The molecular weight excluding hydrogens is 176 g/mol. The van der Waals surface area contributed by atoms with Crippen LogP contribution in [0.25, 0.3) is 0 Å². The monoisotopic (exact) mass is 194 g/mol. The minimum atomic E-state index is 0.630. The lowest BCUT2D eigenvalue weighted by molar-refractivity contribution is 1.01. The standard InChI is InChI=1S/C10H18N4/c11-5-7-13-9-3-1-2-4-10(9)14-8-6-12/h1-4,13-14H,5-8,11-12H2. The van der Waals surface area contributed by atoms with Crippen molar-refractivity contribution >= 4 is 11.4 Å². The average molecular weight is 194 g/mol. The summed E-state index contributed by atoms with van der Waals surface area (Å²) < 4.78 is 0. The van der Waals surface area contributed by atoms with Crippen LogP contribution in [0.5, 0.6) is 0 Å². The van der Waals surface area contributed by atoms with Gasteiger partial charge < -0.3 is 22.1 Å². The Kier molecular flexibility index (Phi) is 4.82. The van der Waals surface area contributed by atoms with Crippen LogP contribution in [-0.2, 0) is 0 Å². The van der Waals surface area contributed by atoms with Crippen LogP contribution < -0.4 is 22.1 Å². The minimum Gasteiger partial charge on any atom is -0.382 e. The van der Waals surface area contributed by atoms with E-state index >= 15 is 0 Å². The summed E-state index contributed by atoms with van der Waals surface area (Å²) >= 11 is 0. The Bertz CT molecular complexity index is 235. The molecule has 0 aliphatic heterocycles. The summed E-state index contributed by atoms with van der Waals surface area (Å²) in [6.45, 7) is 2.82. The van der Waals surface area contributed by atoms with Gasteiger partial charge in [-0.3, -0.25) is 0 Å². The molecule has 0 heterocycles. The van der Waals surface area contributed by atoms with E-state index in [9.17, 15) is 0 Å². The smallest absolute Gasteiger partial charge is 0.0576 e. The van der Waals surface area contributed by atoms with Crippen LogP contribution in [0.2, 0.25) is 0 Å². The molecule has 0 radical (unpaired) electrons. The van der Waals surface area contributed by atoms with E-state index in [0.29, 0.717) is 13.1 Å². The molecule has 78 valence electrons. The summed E-state index contributed by atoms with van der Waals surface area (Å²) in [5, 5.41) is 6.49. The van der Waals surface area contributed by atoms with Gasteiger partial charge in [0.25, 0.3) is 0 Å². The minimum absolute atomic E-state index is 0.630. The average Bonchev–Trinajstić information content (AvgIpc) is 2.24. The third-order valence-electron chi connectivity index (χ3n) is 1.85. The quantitative estimate of drug-likeness (QED) is 0.529. The summed E-state index contributed by atoms with van der Waals surface area (Å²) in [6.07, 6.45) is 0. The van der Waals surface area contributed by atoms with Crippen molar-refractivity contribution in [3.63, 3.8) is 0 Å². The topological polar surface area (TPSA) is 76.1 Å². The van der Waals surface area contributed by atoms with Crippen molar-refractivity contribution in [2.45, 2.75) is 0 Å². The fraction of sp³-hybridized carbons (Fsp3) is 0.400. The zero-order valence-corrected chi connectivity index (χ0v) is 8.29. The number of hydrogen-bond acceptors (Lipinski definition) is 4. The van der Waals surface area contributed by atoms with Gasteiger partial charge in [-0.2, -0.15) is 0 Å². The van der Waals surface area contributed by atoms with Crippen molar-refractivity contribution in [2.75, 3.05) is 36.8 Å². The summed E-state index contributed by atoms with van der Waals surface area (Å²) in [4.78, 5) is 0. The van der Waals surface area contributed by atoms with Crippen LogP contribution in [-0.4, -0.2) is 26.2 Å². The van der Waals surface area contributed by atoms with E-state index in [1.54, 1.807) is 0 Å². The van der Waals surface area contributed by atoms with E-state index in [0.717, 1.165) is 24.5 Å². The Morgan fingerprint density at radius 3 is 1.64 bits per heavy atom. The number of nitrogens with one attached hydrogen (secondary N) is 2. The lowest BCUT2D eigenvalue weighted by Gasteiger charge is -2.12. The first-order valence-corrected chi connectivity index (χ1v) is 4.85. The number of anilines is 2. The molecule has 6 N–H and O–H groups in total. The lowest BCUT2D eigenvalue weighted by atomic mass is 10.2. The highest BCUT2D eigenvalue weighted by Crippen LogP contribution is 2.19. The largest absolute Gasteiger partial charge is 0.382 e. The third-order valence-corrected chi connectivity index (χ3v) is 1.85. The van der Waals surface area contributed by atoms with Crippen molar-refractivity contribution < 1.29 is 0 Å². The number of nitrogens with two attached hydrogens (primary N) is 2. The molecule has 0 bridgehead atoms. The van der Waals surface area contributed by atoms with Crippen molar-refractivity contribution in [3.05, 3.63) is 24.3 Å². The Morgan fingerprint density at radius 2 is 1.29 bits per heavy atom. The van der Waals surface area contributed by atoms with Crippen LogP contribution in [0, 0.1) is 0 Å². The number of rotatable bonds is 6. The molecule has 0 fully saturated rings. The fourth-order valence-corrected chi connectivity index (χ4v) is 1.21. The normalized spacial score (nSPS) is 9.86. The summed E-state index contributed by atoms with van der Waals surface area (Å²) in [5.41, 5.74) is 13.0. The molecule has 0 saturated carbocycles. The molecule has 0 atom stereocenters. The molecular formula is C10H18N4. The molecule has 14 heavy (non-hydrogen) atoms. The van der Waals surface area contributed by atoms with Gasteiger partial charge in [0.2, 0.25) is 0 Å². The van der Waals surface area contributed by atoms with Crippen LogP contribution in [0.1, 0.15) is 0 Å². The SMILES string of the molecule is NCCNc1ccccc1NCCN. The highest BCUT2D eigenvalue weighted by molar-refractivity contribution is 5.68. The maximum absolute atomic E-state index is 5.42. The lowest BCUT2D eigenvalue weighted by Crippen LogP contribution is -2.16. The van der Waals surface area contributed by atoms with Gasteiger partial charge in [-0.25, -0.2) is 0 Å². The molecule has 1 aromatic carbocycles. The molecule has 0 spiro atoms. The molecule has 4 heteroatoms. The zero-order chi connectivity index (χ0) is 10.2. The van der Waals surface area contributed by atoms with E-state index in [2.05, 4.69) is 10.6 Å². The zero-order valence-electron chi connectivity index (χ0n) is 8.29. The molecule has 0 aliphatic carbocycles. The van der Waals surface area contributed by atoms with E-state index < -0.39 is 0 Å². The predicted octanol–water partition coefficient (Wildman–Crippen LogP) is 0.428. The number of para-hydroxylation sites is 2. The molecule has 1 rings (SSSR count). The van der Waals surface area contributed by atoms with E-state index in [-0.39, 0.29) is 0 Å². The van der Waals surface area contributed by atoms with Gasteiger partial charge in [0.15, 0.2) is 0 Å². The van der Waals surface area contributed by atoms with E-state index in [1.807, 2.05) is 24.3 Å². The molecule has 0 amide bonds. The van der Waals surface area contributed by atoms with Crippen molar-refractivity contribution in [2.24, 2.45) is 11.5 Å². The summed E-state index contributed by atoms with van der Waals surface area (Å²) in [5.74, 6) is 0. The second-order valence-electron chi connectivity index (χ2n) is 2.98. The molecule has 0 saturated heterocycles. The molecule has 4 nitrogen and oxygen atoms in total. The van der Waals surface area contributed by atoms with Gasteiger partial charge in [-0.1, -0.05) is 12.1 Å². The van der Waals surface area contributed by atoms with Crippen LogP contribution >= 0.6 is 0 Å². The van der Waals surface area contributed by atoms with Crippen LogP contribution in [0.15, 0.2) is 24.3 Å². The van der Waals surface area contributed by atoms with Gasteiger partial charge in [-0.05, 0) is 12.1 Å².